The van der Waals surface area contributed by atoms with Crippen LogP contribution in [-0.4, -0.2) is 48.5 Å². The highest BCUT2D eigenvalue weighted by Crippen LogP contribution is 2.26. The molecule has 1 aliphatic carbocycles. The van der Waals surface area contributed by atoms with Gasteiger partial charge in [-0.2, -0.15) is 0 Å². The molecular formula is C16H31NO2. The largest absolute Gasteiger partial charge is 0.393 e. The van der Waals surface area contributed by atoms with E-state index in [1.807, 2.05) is 6.92 Å². The summed E-state index contributed by atoms with van der Waals surface area (Å²) in [6.07, 6.45) is 8.01. The molecular weight excluding hydrogens is 238 g/mol. The van der Waals surface area contributed by atoms with Gasteiger partial charge in [-0.15, -0.1) is 0 Å². The standard InChI is InChI=1S/C16H31NO2/c1-13-6-3-4-8-16(13)19-11-10-17-9-5-7-15(12-17)14(2)18/h13-16,18H,3-12H2,1-2H3. The zero-order valence-corrected chi connectivity index (χ0v) is 12.7. The summed E-state index contributed by atoms with van der Waals surface area (Å²) >= 11 is 0. The van der Waals surface area contributed by atoms with E-state index < -0.39 is 0 Å². The molecule has 3 heteroatoms. The Hall–Kier alpha value is -0.120. The van der Waals surface area contributed by atoms with E-state index in [0.29, 0.717) is 12.0 Å². The molecule has 1 saturated carbocycles. The fraction of sp³-hybridized carbons (Fsp3) is 1.00. The number of hydrogen-bond donors (Lipinski definition) is 1. The summed E-state index contributed by atoms with van der Waals surface area (Å²) in [6, 6.07) is 0. The third-order valence-electron chi connectivity index (χ3n) is 5.00. The van der Waals surface area contributed by atoms with Crippen molar-refractivity contribution in [2.75, 3.05) is 26.2 Å². The van der Waals surface area contributed by atoms with Crippen molar-refractivity contribution in [2.45, 2.75) is 64.6 Å². The summed E-state index contributed by atoms with van der Waals surface area (Å²) in [7, 11) is 0. The molecule has 0 aromatic rings. The van der Waals surface area contributed by atoms with Crippen molar-refractivity contribution in [3.8, 4) is 0 Å². The predicted octanol–water partition coefficient (Wildman–Crippen LogP) is 2.67. The number of aliphatic hydroxyl groups excluding tert-OH is 1. The van der Waals surface area contributed by atoms with Gasteiger partial charge in [0.15, 0.2) is 0 Å². The van der Waals surface area contributed by atoms with Crippen LogP contribution >= 0.6 is 0 Å². The van der Waals surface area contributed by atoms with Gasteiger partial charge in [-0.25, -0.2) is 0 Å². The van der Waals surface area contributed by atoms with Crippen molar-refractivity contribution in [3.05, 3.63) is 0 Å². The zero-order chi connectivity index (χ0) is 13.7. The van der Waals surface area contributed by atoms with Gasteiger partial charge in [0.05, 0.1) is 18.8 Å². The molecule has 1 aliphatic heterocycles. The molecule has 2 fully saturated rings. The van der Waals surface area contributed by atoms with Crippen LogP contribution in [0.15, 0.2) is 0 Å². The molecule has 19 heavy (non-hydrogen) atoms. The van der Waals surface area contributed by atoms with Gasteiger partial charge in [-0.3, -0.25) is 0 Å². The van der Waals surface area contributed by atoms with E-state index in [1.165, 1.54) is 45.1 Å². The highest BCUT2D eigenvalue weighted by atomic mass is 16.5. The number of piperidine rings is 1. The molecule has 0 bridgehead atoms. The number of likely N-dealkylation sites (tertiary alicyclic amines) is 1. The Morgan fingerprint density at radius 3 is 2.74 bits per heavy atom. The molecule has 0 radical (unpaired) electrons. The van der Waals surface area contributed by atoms with E-state index >= 15 is 0 Å². The lowest BCUT2D eigenvalue weighted by atomic mass is 9.88. The van der Waals surface area contributed by atoms with E-state index in [-0.39, 0.29) is 6.10 Å². The molecule has 2 rings (SSSR count). The molecule has 1 N–H and O–H groups in total. The smallest absolute Gasteiger partial charge is 0.0601 e. The number of rotatable bonds is 5. The second-order valence-corrected chi connectivity index (χ2v) is 6.61. The molecule has 1 saturated heterocycles. The molecule has 3 nitrogen and oxygen atoms in total. The quantitative estimate of drug-likeness (QED) is 0.833. The topological polar surface area (TPSA) is 32.7 Å². The fourth-order valence-corrected chi connectivity index (χ4v) is 3.55. The molecule has 112 valence electrons. The van der Waals surface area contributed by atoms with Crippen LogP contribution in [0.4, 0.5) is 0 Å². The van der Waals surface area contributed by atoms with Gasteiger partial charge in [0.2, 0.25) is 0 Å². The Labute approximate surface area is 118 Å². The number of aliphatic hydroxyl groups is 1. The predicted molar refractivity (Wildman–Crippen MR) is 78.2 cm³/mol. The maximum atomic E-state index is 9.70. The maximum absolute atomic E-state index is 9.70. The average molecular weight is 269 g/mol. The molecule has 4 atom stereocenters. The van der Waals surface area contributed by atoms with Gasteiger partial charge in [-0.05, 0) is 51.0 Å². The number of nitrogens with zero attached hydrogens (tertiary/aromatic N) is 1. The first kappa shape index (κ1) is 15.3. The Bertz CT molecular complexity index is 257. The Morgan fingerprint density at radius 1 is 1.21 bits per heavy atom. The van der Waals surface area contributed by atoms with Crippen molar-refractivity contribution in [1.82, 2.24) is 4.90 Å². The van der Waals surface area contributed by atoms with Crippen molar-refractivity contribution in [1.29, 1.82) is 0 Å². The summed E-state index contributed by atoms with van der Waals surface area (Å²) in [5, 5.41) is 9.70. The number of ether oxygens (including phenoxy) is 1. The second-order valence-electron chi connectivity index (χ2n) is 6.61. The lowest BCUT2D eigenvalue weighted by Crippen LogP contribution is -2.41. The third kappa shape index (κ3) is 4.73. The summed E-state index contributed by atoms with van der Waals surface area (Å²) in [4.78, 5) is 2.47. The maximum Gasteiger partial charge on any atom is 0.0601 e. The van der Waals surface area contributed by atoms with Gasteiger partial charge >= 0.3 is 0 Å². The van der Waals surface area contributed by atoms with Gasteiger partial charge in [0.25, 0.3) is 0 Å². The molecule has 0 aromatic heterocycles. The second kappa shape index (κ2) is 7.61. The highest BCUT2D eigenvalue weighted by Gasteiger charge is 2.24. The Balaban J connectivity index is 1.64. The third-order valence-corrected chi connectivity index (χ3v) is 5.00. The van der Waals surface area contributed by atoms with Crippen molar-refractivity contribution < 1.29 is 9.84 Å². The summed E-state index contributed by atoms with van der Waals surface area (Å²) in [5.41, 5.74) is 0. The lowest BCUT2D eigenvalue weighted by Gasteiger charge is -2.35. The molecule has 2 aliphatic rings. The van der Waals surface area contributed by atoms with Crippen LogP contribution in [0, 0.1) is 11.8 Å². The van der Waals surface area contributed by atoms with E-state index in [0.717, 1.165) is 25.6 Å². The zero-order valence-electron chi connectivity index (χ0n) is 12.7. The number of hydrogen-bond acceptors (Lipinski definition) is 3. The monoisotopic (exact) mass is 269 g/mol. The minimum absolute atomic E-state index is 0.165. The van der Waals surface area contributed by atoms with Crippen LogP contribution in [-0.2, 0) is 4.74 Å². The average Bonchev–Trinajstić information content (AvgIpc) is 2.41. The Morgan fingerprint density at radius 2 is 2.00 bits per heavy atom. The van der Waals surface area contributed by atoms with Crippen molar-refractivity contribution in [2.24, 2.45) is 11.8 Å². The minimum Gasteiger partial charge on any atom is -0.393 e. The fourth-order valence-electron chi connectivity index (χ4n) is 3.55. The van der Waals surface area contributed by atoms with E-state index in [2.05, 4.69) is 11.8 Å². The SMILES string of the molecule is CC(O)C1CCCN(CCOC2CCCCC2C)C1. The van der Waals surface area contributed by atoms with Crippen LogP contribution in [0.3, 0.4) is 0 Å². The molecule has 0 aromatic carbocycles. The first-order valence-electron chi connectivity index (χ1n) is 8.19. The normalized spacial score (nSPS) is 35.2. The first-order chi connectivity index (χ1) is 9.16. The summed E-state index contributed by atoms with van der Waals surface area (Å²) in [6.45, 7) is 8.37. The van der Waals surface area contributed by atoms with Crippen molar-refractivity contribution >= 4 is 0 Å². The lowest BCUT2D eigenvalue weighted by molar-refractivity contribution is -0.0216. The van der Waals surface area contributed by atoms with Crippen LogP contribution in [0.1, 0.15) is 52.4 Å². The molecule has 0 amide bonds. The first-order valence-corrected chi connectivity index (χ1v) is 8.19. The minimum atomic E-state index is -0.165. The van der Waals surface area contributed by atoms with E-state index in [1.54, 1.807) is 0 Å². The molecule has 1 heterocycles. The molecule has 4 unspecified atom stereocenters. The van der Waals surface area contributed by atoms with Crippen LogP contribution in [0.5, 0.6) is 0 Å². The van der Waals surface area contributed by atoms with Crippen LogP contribution in [0.2, 0.25) is 0 Å². The van der Waals surface area contributed by atoms with Gasteiger partial charge in [0, 0.05) is 13.1 Å². The van der Waals surface area contributed by atoms with Crippen LogP contribution < -0.4 is 0 Å². The van der Waals surface area contributed by atoms with Gasteiger partial charge in [0.1, 0.15) is 0 Å². The van der Waals surface area contributed by atoms with E-state index in [4.69, 9.17) is 4.74 Å². The summed E-state index contributed by atoms with van der Waals surface area (Å²) in [5.74, 6) is 1.20. The summed E-state index contributed by atoms with van der Waals surface area (Å²) < 4.78 is 6.09. The van der Waals surface area contributed by atoms with Gasteiger partial charge < -0.3 is 14.7 Å². The van der Waals surface area contributed by atoms with Crippen LogP contribution in [0.25, 0.3) is 0 Å². The van der Waals surface area contributed by atoms with Crippen molar-refractivity contribution in [3.63, 3.8) is 0 Å². The Kier molecular flexibility index (Phi) is 6.11. The molecule has 0 spiro atoms. The highest BCUT2D eigenvalue weighted by molar-refractivity contribution is 4.77. The van der Waals surface area contributed by atoms with Gasteiger partial charge in [-0.1, -0.05) is 19.8 Å². The van der Waals surface area contributed by atoms with E-state index in [9.17, 15) is 5.11 Å².